The Bertz CT molecular complexity index is 599. The van der Waals surface area contributed by atoms with E-state index >= 15 is 0 Å². The first kappa shape index (κ1) is 13.5. The summed E-state index contributed by atoms with van der Waals surface area (Å²) in [5.74, 6) is -0.709. The number of aromatic nitrogens is 4. The first-order chi connectivity index (χ1) is 9.10. The fourth-order valence-corrected chi connectivity index (χ4v) is 1.94. The van der Waals surface area contributed by atoms with Crippen LogP contribution in [-0.4, -0.2) is 37.2 Å². The van der Waals surface area contributed by atoms with Crippen LogP contribution in [0, 0.1) is 6.92 Å². The number of aryl methyl sites for hydroxylation is 2. The molecule has 2 rings (SSSR count). The number of rotatable bonds is 5. The molecular weight excluding hydrogens is 268 g/mol. The van der Waals surface area contributed by atoms with Crippen LogP contribution in [0.25, 0.3) is 11.5 Å². The Balaban J connectivity index is 2.27. The molecule has 100 valence electrons. The summed E-state index contributed by atoms with van der Waals surface area (Å²) in [5.41, 5.74) is 2.26. The molecule has 2 aromatic heterocycles. The van der Waals surface area contributed by atoms with Crippen molar-refractivity contribution in [3.8, 4) is 11.5 Å². The maximum absolute atomic E-state index is 10.5. The van der Waals surface area contributed by atoms with Crippen molar-refractivity contribution in [2.24, 2.45) is 0 Å². The molecule has 0 saturated heterocycles. The van der Waals surface area contributed by atoms with Crippen LogP contribution in [0.1, 0.15) is 18.3 Å². The zero-order chi connectivity index (χ0) is 13.8. The zero-order valence-corrected chi connectivity index (χ0v) is 11.3. The number of carbonyl (C=O) groups is 1. The van der Waals surface area contributed by atoms with Gasteiger partial charge in [0, 0.05) is 0 Å². The number of nitrogens with zero attached hydrogens (tertiary/aromatic N) is 4. The number of carboxylic acids is 1. The van der Waals surface area contributed by atoms with E-state index in [9.17, 15) is 4.79 Å². The molecule has 8 heteroatoms. The second-order valence-corrected chi connectivity index (χ2v) is 4.68. The van der Waals surface area contributed by atoms with Crippen LogP contribution < -0.4 is 0 Å². The van der Waals surface area contributed by atoms with Crippen LogP contribution in [0.4, 0.5) is 0 Å². The molecule has 0 radical (unpaired) electrons. The monoisotopic (exact) mass is 280 g/mol. The standard InChI is InChI=1S/C11H12N4O3S/c1-3-8-7(4-6(2)12-13-8)10-14-15-11(18-10)19-5-9(16)17/h4H,3,5H2,1-2H3,(H,16,17). The molecule has 0 aromatic carbocycles. The van der Waals surface area contributed by atoms with Crippen LogP contribution in [0.15, 0.2) is 15.7 Å². The van der Waals surface area contributed by atoms with Crippen molar-refractivity contribution in [3.63, 3.8) is 0 Å². The van der Waals surface area contributed by atoms with Gasteiger partial charge in [-0.3, -0.25) is 4.79 Å². The van der Waals surface area contributed by atoms with E-state index < -0.39 is 5.97 Å². The first-order valence-corrected chi connectivity index (χ1v) is 6.60. The van der Waals surface area contributed by atoms with Gasteiger partial charge in [0.15, 0.2) is 0 Å². The minimum absolute atomic E-state index is 0.115. The van der Waals surface area contributed by atoms with Gasteiger partial charge in [0.25, 0.3) is 11.1 Å². The molecule has 0 saturated carbocycles. The molecule has 0 aliphatic carbocycles. The van der Waals surface area contributed by atoms with Gasteiger partial charge in [-0.25, -0.2) is 0 Å². The highest BCUT2D eigenvalue weighted by Crippen LogP contribution is 2.25. The lowest BCUT2D eigenvalue weighted by atomic mass is 10.1. The Kier molecular flexibility index (Phi) is 4.10. The fraction of sp³-hybridized carbons (Fsp3) is 0.364. The summed E-state index contributed by atoms with van der Waals surface area (Å²) in [6, 6.07) is 1.82. The van der Waals surface area contributed by atoms with Crippen LogP contribution in [0.3, 0.4) is 0 Å². The molecule has 1 N–H and O–H groups in total. The zero-order valence-electron chi connectivity index (χ0n) is 10.5. The van der Waals surface area contributed by atoms with Gasteiger partial charge in [0.2, 0.25) is 0 Å². The smallest absolute Gasteiger partial charge is 0.314 e. The molecule has 2 aromatic rings. The molecule has 0 atom stereocenters. The van der Waals surface area contributed by atoms with Gasteiger partial charge in [0.1, 0.15) is 5.75 Å². The molecule has 0 amide bonds. The highest BCUT2D eigenvalue weighted by atomic mass is 32.2. The third-order valence-electron chi connectivity index (χ3n) is 2.28. The molecule has 0 bridgehead atoms. The largest absolute Gasteiger partial charge is 0.481 e. The average molecular weight is 280 g/mol. The van der Waals surface area contributed by atoms with E-state index in [2.05, 4.69) is 20.4 Å². The van der Waals surface area contributed by atoms with Gasteiger partial charge < -0.3 is 9.52 Å². The maximum Gasteiger partial charge on any atom is 0.314 e. The highest BCUT2D eigenvalue weighted by molar-refractivity contribution is 7.99. The summed E-state index contributed by atoms with van der Waals surface area (Å²) >= 11 is 0.986. The lowest BCUT2D eigenvalue weighted by Gasteiger charge is -2.02. The quantitative estimate of drug-likeness (QED) is 0.823. The summed E-state index contributed by atoms with van der Waals surface area (Å²) in [6.45, 7) is 3.78. The van der Waals surface area contributed by atoms with Crippen molar-refractivity contribution in [1.29, 1.82) is 0 Å². The predicted octanol–water partition coefficient (Wildman–Crippen LogP) is 1.57. The van der Waals surface area contributed by atoms with E-state index in [1.807, 2.05) is 19.9 Å². The van der Waals surface area contributed by atoms with E-state index in [-0.39, 0.29) is 11.0 Å². The lowest BCUT2D eigenvalue weighted by molar-refractivity contribution is -0.133. The van der Waals surface area contributed by atoms with E-state index in [0.29, 0.717) is 12.3 Å². The van der Waals surface area contributed by atoms with E-state index in [1.165, 1.54) is 0 Å². The van der Waals surface area contributed by atoms with Gasteiger partial charge in [-0.2, -0.15) is 10.2 Å². The third kappa shape index (κ3) is 3.28. The molecule has 2 heterocycles. The van der Waals surface area contributed by atoms with Crippen molar-refractivity contribution in [1.82, 2.24) is 20.4 Å². The molecule has 0 spiro atoms. The van der Waals surface area contributed by atoms with E-state index in [0.717, 1.165) is 28.7 Å². The lowest BCUT2D eigenvalue weighted by Crippen LogP contribution is -1.97. The minimum atomic E-state index is -0.930. The number of carboxylic acid groups (broad SMARTS) is 1. The molecule has 7 nitrogen and oxygen atoms in total. The topological polar surface area (TPSA) is 102 Å². The molecule has 19 heavy (non-hydrogen) atoms. The summed E-state index contributed by atoms with van der Waals surface area (Å²) < 4.78 is 5.43. The van der Waals surface area contributed by atoms with E-state index in [1.54, 1.807) is 0 Å². The highest BCUT2D eigenvalue weighted by Gasteiger charge is 2.15. The molecule has 0 unspecified atom stereocenters. The number of aliphatic carboxylic acids is 1. The minimum Gasteiger partial charge on any atom is -0.481 e. The van der Waals surface area contributed by atoms with Gasteiger partial charge in [-0.05, 0) is 19.4 Å². The van der Waals surface area contributed by atoms with Crippen molar-refractivity contribution < 1.29 is 14.3 Å². The van der Waals surface area contributed by atoms with Crippen molar-refractivity contribution in [2.75, 3.05) is 5.75 Å². The van der Waals surface area contributed by atoms with Gasteiger partial charge >= 0.3 is 5.97 Å². The summed E-state index contributed by atoms with van der Waals surface area (Å²) in [7, 11) is 0. The van der Waals surface area contributed by atoms with Crippen LogP contribution >= 0.6 is 11.8 Å². The predicted molar refractivity (Wildman–Crippen MR) is 67.8 cm³/mol. The van der Waals surface area contributed by atoms with Crippen molar-refractivity contribution in [2.45, 2.75) is 25.5 Å². The Morgan fingerprint density at radius 1 is 1.37 bits per heavy atom. The first-order valence-electron chi connectivity index (χ1n) is 5.61. The second kappa shape index (κ2) is 5.79. The Hall–Kier alpha value is -1.96. The fourth-order valence-electron chi connectivity index (χ4n) is 1.46. The van der Waals surface area contributed by atoms with Crippen LogP contribution in [0.5, 0.6) is 0 Å². The summed E-state index contributed by atoms with van der Waals surface area (Å²) in [6.07, 6.45) is 0.697. The Morgan fingerprint density at radius 2 is 2.16 bits per heavy atom. The van der Waals surface area contributed by atoms with Gasteiger partial charge in [-0.15, -0.1) is 10.2 Å². The Labute approximate surface area is 113 Å². The van der Waals surface area contributed by atoms with Gasteiger partial charge in [0.05, 0.1) is 17.0 Å². The van der Waals surface area contributed by atoms with Crippen LogP contribution in [-0.2, 0) is 11.2 Å². The summed E-state index contributed by atoms with van der Waals surface area (Å²) in [4.78, 5) is 10.5. The average Bonchev–Trinajstić information content (AvgIpc) is 2.85. The van der Waals surface area contributed by atoms with Gasteiger partial charge in [-0.1, -0.05) is 18.7 Å². The normalized spacial score (nSPS) is 10.6. The Morgan fingerprint density at radius 3 is 2.84 bits per heavy atom. The second-order valence-electron chi connectivity index (χ2n) is 3.76. The molecule has 0 aliphatic rings. The van der Waals surface area contributed by atoms with Crippen molar-refractivity contribution >= 4 is 17.7 Å². The third-order valence-corrected chi connectivity index (χ3v) is 3.09. The molecular formula is C11H12N4O3S. The molecule has 0 fully saturated rings. The van der Waals surface area contributed by atoms with Crippen molar-refractivity contribution in [3.05, 3.63) is 17.5 Å². The van der Waals surface area contributed by atoms with Crippen LogP contribution in [0.2, 0.25) is 0 Å². The number of thioether (sulfide) groups is 1. The van der Waals surface area contributed by atoms with E-state index in [4.69, 9.17) is 9.52 Å². The summed E-state index contributed by atoms with van der Waals surface area (Å²) in [5, 5.41) is 24.6. The SMILES string of the molecule is CCc1nnc(C)cc1-c1nnc(SCC(=O)O)o1. The number of hydrogen-bond donors (Lipinski definition) is 1. The molecule has 0 aliphatic heterocycles. The number of hydrogen-bond acceptors (Lipinski definition) is 7. The maximum atomic E-state index is 10.5.